The lowest BCUT2D eigenvalue weighted by atomic mass is 9.90. The minimum atomic E-state index is 0.786. The molecule has 0 bridgehead atoms. The second-order valence-corrected chi connectivity index (χ2v) is 15.6. The highest BCUT2D eigenvalue weighted by Gasteiger charge is 2.28. The highest BCUT2D eigenvalue weighted by molar-refractivity contribution is 6.11. The predicted molar refractivity (Wildman–Crippen MR) is 231 cm³/mol. The molecule has 0 N–H and O–H groups in total. The molecule has 8 aromatic carbocycles. The second-order valence-electron chi connectivity index (χ2n) is 15.6. The summed E-state index contributed by atoms with van der Waals surface area (Å²) < 4.78 is 9.64. The van der Waals surface area contributed by atoms with Gasteiger partial charge in [0, 0.05) is 11.1 Å². The van der Waals surface area contributed by atoms with Crippen molar-refractivity contribution in [3.8, 4) is 22.5 Å². The Labute approximate surface area is 327 Å². The van der Waals surface area contributed by atoms with Gasteiger partial charge in [0.2, 0.25) is 12.7 Å². The third-order valence-corrected chi connectivity index (χ3v) is 11.3. The molecule has 0 amide bonds. The van der Waals surface area contributed by atoms with Crippen LogP contribution in [0.2, 0.25) is 0 Å². The SMILES string of the molecule is Cc1cc(C)cc(C[n+]2cn(-c3ccc4ccccc4c3-c3c(-n4c[n+](Cc5cc(C)cc(C)c5)c5ccccc54)ccc4ccccc34)c3ccccc32)c1. The van der Waals surface area contributed by atoms with E-state index >= 15 is 0 Å². The van der Waals surface area contributed by atoms with Crippen LogP contribution in [-0.2, 0) is 13.1 Å². The van der Waals surface area contributed by atoms with E-state index in [2.05, 4.69) is 216 Å². The van der Waals surface area contributed by atoms with Crippen LogP contribution in [0.4, 0.5) is 0 Å². The fourth-order valence-corrected chi connectivity index (χ4v) is 9.15. The lowest BCUT2D eigenvalue weighted by Gasteiger charge is -2.16. The molecule has 56 heavy (non-hydrogen) atoms. The molecule has 2 aromatic heterocycles. The fourth-order valence-electron chi connectivity index (χ4n) is 9.15. The molecule has 10 rings (SSSR count). The number of hydrogen-bond donors (Lipinski definition) is 0. The van der Waals surface area contributed by atoms with E-state index in [4.69, 9.17) is 0 Å². The number of hydrogen-bond acceptors (Lipinski definition) is 0. The van der Waals surface area contributed by atoms with E-state index in [1.54, 1.807) is 0 Å². The van der Waals surface area contributed by atoms with Crippen LogP contribution in [-0.4, -0.2) is 9.13 Å². The average Bonchev–Trinajstić information content (AvgIpc) is 3.74. The summed E-state index contributed by atoms with van der Waals surface area (Å²) in [6.45, 7) is 10.3. The van der Waals surface area contributed by atoms with Crippen LogP contribution in [0.5, 0.6) is 0 Å². The zero-order valence-corrected chi connectivity index (χ0v) is 32.4. The normalized spacial score (nSPS) is 11.7. The van der Waals surface area contributed by atoms with Gasteiger partial charge in [0.05, 0.1) is 0 Å². The van der Waals surface area contributed by atoms with Gasteiger partial charge in [0.1, 0.15) is 24.5 Å². The first-order valence-corrected chi connectivity index (χ1v) is 19.6. The van der Waals surface area contributed by atoms with Crippen LogP contribution < -0.4 is 9.13 Å². The van der Waals surface area contributed by atoms with Crippen molar-refractivity contribution in [3.05, 3.63) is 204 Å². The summed E-state index contributed by atoms with van der Waals surface area (Å²) in [6, 6.07) is 58.3. The van der Waals surface area contributed by atoms with Gasteiger partial charge in [-0.3, -0.25) is 0 Å². The fraction of sp³-hybridized carbons (Fsp3) is 0.115. The Morgan fingerprint density at radius 2 is 0.768 bits per heavy atom. The van der Waals surface area contributed by atoms with E-state index in [0.29, 0.717) is 0 Å². The number of nitrogens with zero attached hydrogens (tertiary/aromatic N) is 4. The third kappa shape index (κ3) is 5.86. The minimum absolute atomic E-state index is 0.786. The Balaban J connectivity index is 1.25. The van der Waals surface area contributed by atoms with Gasteiger partial charge < -0.3 is 0 Å². The van der Waals surface area contributed by atoms with Gasteiger partial charge in [-0.1, -0.05) is 144 Å². The van der Waals surface area contributed by atoms with E-state index in [0.717, 1.165) is 24.5 Å². The van der Waals surface area contributed by atoms with Crippen molar-refractivity contribution >= 4 is 43.6 Å². The average molecular weight is 725 g/mol. The number of imidazole rings is 2. The molecule has 10 aromatic rings. The molecule has 0 fully saturated rings. The lowest BCUT2D eigenvalue weighted by molar-refractivity contribution is -0.663. The number of para-hydroxylation sites is 4. The molecule has 0 saturated carbocycles. The predicted octanol–water partition coefficient (Wildman–Crippen LogP) is 11.5. The Bertz CT molecular complexity index is 2890. The summed E-state index contributed by atoms with van der Waals surface area (Å²) in [5, 5.41) is 4.88. The van der Waals surface area contributed by atoms with Crippen molar-refractivity contribution in [3.63, 3.8) is 0 Å². The van der Waals surface area contributed by atoms with Gasteiger partial charge in [-0.05, 0) is 96.8 Å². The van der Waals surface area contributed by atoms with Crippen LogP contribution in [0.1, 0.15) is 33.4 Å². The molecule has 0 radical (unpaired) electrons. The topological polar surface area (TPSA) is 17.6 Å². The summed E-state index contributed by atoms with van der Waals surface area (Å²) >= 11 is 0. The van der Waals surface area contributed by atoms with Gasteiger partial charge in [0.25, 0.3) is 0 Å². The Kier molecular flexibility index (Phi) is 8.14. The molecule has 0 saturated heterocycles. The highest BCUT2D eigenvalue weighted by atomic mass is 15.2. The zero-order chi connectivity index (χ0) is 37.9. The highest BCUT2D eigenvalue weighted by Crippen LogP contribution is 2.43. The van der Waals surface area contributed by atoms with Crippen LogP contribution in [0.15, 0.2) is 170 Å². The van der Waals surface area contributed by atoms with Crippen molar-refractivity contribution in [1.29, 1.82) is 0 Å². The van der Waals surface area contributed by atoms with Gasteiger partial charge in [-0.2, -0.15) is 9.13 Å². The third-order valence-electron chi connectivity index (χ3n) is 11.3. The number of aryl methyl sites for hydroxylation is 4. The smallest absolute Gasteiger partial charge is 0.225 e. The Morgan fingerprint density at radius 1 is 0.393 bits per heavy atom. The molecular weight excluding hydrogens is 681 g/mol. The van der Waals surface area contributed by atoms with Crippen molar-refractivity contribution in [2.45, 2.75) is 40.8 Å². The van der Waals surface area contributed by atoms with Gasteiger partial charge in [-0.25, -0.2) is 9.13 Å². The van der Waals surface area contributed by atoms with E-state index in [9.17, 15) is 0 Å². The Hall–Kier alpha value is -6.78. The second kappa shape index (κ2) is 13.5. The van der Waals surface area contributed by atoms with Gasteiger partial charge >= 0.3 is 0 Å². The van der Waals surface area contributed by atoms with Crippen molar-refractivity contribution in [1.82, 2.24) is 9.13 Å². The molecule has 0 unspecified atom stereocenters. The first kappa shape index (κ1) is 33.8. The van der Waals surface area contributed by atoms with E-state index in [-0.39, 0.29) is 0 Å². The molecule has 0 atom stereocenters. The monoisotopic (exact) mass is 724 g/mol. The molecule has 0 aliphatic heterocycles. The first-order valence-electron chi connectivity index (χ1n) is 19.6. The molecule has 2 heterocycles. The maximum atomic E-state index is 2.42. The van der Waals surface area contributed by atoms with E-state index in [1.807, 2.05) is 0 Å². The quantitative estimate of drug-likeness (QED) is 0.146. The summed E-state index contributed by atoms with van der Waals surface area (Å²) in [5.74, 6) is 0. The first-order chi connectivity index (χ1) is 27.4. The summed E-state index contributed by atoms with van der Waals surface area (Å²) in [6.07, 6.45) is 4.62. The van der Waals surface area contributed by atoms with E-state index < -0.39 is 0 Å². The molecular formula is C52H44N4+2. The molecule has 0 aliphatic rings. The summed E-state index contributed by atoms with van der Waals surface area (Å²) in [7, 11) is 0. The Morgan fingerprint density at radius 3 is 1.20 bits per heavy atom. The number of fused-ring (bicyclic) bond motifs is 4. The molecule has 0 aliphatic carbocycles. The van der Waals surface area contributed by atoms with Gasteiger partial charge in [-0.15, -0.1) is 0 Å². The molecule has 0 spiro atoms. The van der Waals surface area contributed by atoms with Crippen molar-refractivity contribution in [2.75, 3.05) is 0 Å². The molecule has 4 heteroatoms. The van der Waals surface area contributed by atoms with E-state index in [1.165, 1.54) is 88.1 Å². The lowest BCUT2D eigenvalue weighted by Crippen LogP contribution is -2.32. The van der Waals surface area contributed by atoms with Crippen LogP contribution in [0.3, 0.4) is 0 Å². The van der Waals surface area contributed by atoms with Crippen LogP contribution >= 0.6 is 0 Å². The van der Waals surface area contributed by atoms with Gasteiger partial charge in [0.15, 0.2) is 22.1 Å². The summed E-state index contributed by atoms with van der Waals surface area (Å²) in [5.41, 5.74) is 17.2. The minimum Gasteiger partial charge on any atom is -0.225 e. The maximum absolute atomic E-state index is 2.42. The number of aromatic nitrogens is 4. The zero-order valence-electron chi connectivity index (χ0n) is 32.4. The summed E-state index contributed by atoms with van der Waals surface area (Å²) in [4.78, 5) is 0. The largest absolute Gasteiger partial charge is 0.250 e. The number of rotatable bonds is 7. The molecule has 4 nitrogen and oxygen atoms in total. The van der Waals surface area contributed by atoms with Crippen LogP contribution in [0, 0.1) is 27.7 Å². The van der Waals surface area contributed by atoms with Crippen LogP contribution in [0.25, 0.3) is 66.1 Å². The molecule has 270 valence electrons. The standard InChI is InChI=1S/C52H44N4/c1-35-25-36(2)28-39(27-35)31-53-33-55(47-19-11-9-17-45(47)53)49-23-21-41-13-5-7-15-43(41)51(49)52-44-16-8-6-14-42(44)22-24-50(52)56-34-54(46-18-10-12-20-48(46)56)32-40-29-37(3)26-38(4)30-40/h5-30,33-34H,31-32H2,1-4H3/q+2. The maximum Gasteiger partial charge on any atom is 0.250 e. The van der Waals surface area contributed by atoms with Crippen molar-refractivity contribution < 1.29 is 9.13 Å². The van der Waals surface area contributed by atoms with Crippen molar-refractivity contribution in [2.24, 2.45) is 0 Å². The number of benzene rings is 8.